The predicted octanol–water partition coefficient (Wildman–Crippen LogP) is 4.19. The number of amides is 2. The molecule has 2 aromatic carbocycles. The summed E-state index contributed by atoms with van der Waals surface area (Å²) in [5, 5.41) is 19.9. The van der Waals surface area contributed by atoms with Crippen LogP contribution in [0.5, 0.6) is 0 Å². The fraction of sp³-hybridized carbons (Fsp3) is 0.462. The molecular weight excluding hydrogens is 402 g/mol. The van der Waals surface area contributed by atoms with Crippen LogP contribution < -0.4 is 10.6 Å². The van der Waals surface area contributed by atoms with E-state index in [9.17, 15) is 14.8 Å². The van der Waals surface area contributed by atoms with Gasteiger partial charge in [0.25, 0.3) is 5.91 Å². The van der Waals surface area contributed by atoms with Gasteiger partial charge in [0.05, 0.1) is 7.05 Å². The van der Waals surface area contributed by atoms with Crippen LogP contribution in [-0.2, 0) is 4.79 Å². The normalized spacial score (nSPS) is 30.0. The monoisotopic (exact) mass is 435 g/mol. The molecule has 6 nitrogen and oxygen atoms in total. The van der Waals surface area contributed by atoms with Crippen molar-refractivity contribution in [2.45, 2.75) is 58.5 Å². The fourth-order valence-electron chi connectivity index (χ4n) is 5.51. The molecule has 4 rings (SSSR count). The highest BCUT2D eigenvalue weighted by Gasteiger charge is 2.50. The van der Waals surface area contributed by atoms with Gasteiger partial charge in [0, 0.05) is 36.2 Å². The Morgan fingerprint density at radius 2 is 1.78 bits per heavy atom. The molecule has 2 aromatic rings. The molecule has 0 aliphatic carbocycles. The first-order valence-corrected chi connectivity index (χ1v) is 11.4. The van der Waals surface area contributed by atoms with E-state index in [0.29, 0.717) is 24.1 Å². The van der Waals surface area contributed by atoms with Gasteiger partial charge >= 0.3 is 5.91 Å². The van der Waals surface area contributed by atoms with Crippen molar-refractivity contribution in [3.05, 3.63) is 69.4 Å². The van der Waals surface area contributed by atoms with Gasteiger partial charge in [-0.1, -0.05) is 23.3 Å². The lowest BCUT2D eigenvalue weighted by Gasteiger charge is -2.54. The van der Waals surface area contributed by atoms with Crippen molar-refractivity contribution in [1.29, 1.82) is 0 Å². The summed E-state index contributed by atoms with van der Waals surface area (Å²) < 4.78 is -0.819. The number of anilines is 1. The number of hydrogen-bond donors (Lipinski definition) is 2. The number of carbonyl (C=O) groups is 2. The summed E-state index contributed by atoms with van der Waals surface area (Å²) in [5.41, 5.74) is 5.11. The van der Waals surface area contributed by atoms with Crippen molar-refractivity contribution in [3.63, 3.8) is 0 Å². The van der Waals surface area contributed by atoms with Gasteiger partial charge in [-0.3, -0.25) is 9.44 Å². The topological polar surface area (TPSA) is 81.3 Å². The van der Waals surface area contributed by atoms with Crippen LogP contribution in [0.2, 0.25) is 0 Å². The van der Waals surface area contributed by atoms with Gasteiger partial charge in [0.2, 0.25) is 0 Å². The molecule has 0 bridgehead atoms. The first-order chi connectivity index (χ1) is 15.1. The average molecular weight is 436 g/mol. The highest BCUT2D eigenvalue weighted by molar-refractivity contribution is 6.04. The van der Waals surface area contributed by atoms with Crippen LogP contribution >= 0.6 is 0 Å². The summed E-state index contributed by atoms with van der Waals surface area (Å²) in [6.07, 6.45) is 1.38. The molecular formula is C26H33N3O3. The van der Waals surface area contributed by atoms with Crippen LogP contribution in [0.25, 0.3) is 0 Å². The molecule has 0 aromatic heterocycles. The number of rotatable bonds is 3. The number of benzene rings is 2. The lowest BCUT2D eigenvalue weighted by molar-refractivity contribution is -0.822. The van der Waals surface area contributed by atoms with E-state index in [1.165, 1.54) is 7.05 Å². The predicted molar refractivity (Wildman–Crippen MR) is 126 cm³/mol. The first kappa shape index (κ1) is 22.6. The molecule has 170 valence electrons. The molecule has 0 radical (unpaired) electrons. The average Bonchev–Trinajstić information content (AvgIpc) is 2.72. The summed E-state index contributed by atoms with van der Waals surface area (Å²) in [5.74, 6) is -0.769. The number of fused-ring (bicyclic) bond motifs is 1. The Morgan fingerprint density at radius 1 is 1.09 bits per heavy atom. The molecule has 2 aliphatic rings. The number of quaternary nitrogens is 1. The van der Waals surface area contributed by atoms with Gasteiger partial charge in [0.15, 0.2) is 0 Å². The Bertz CT molecular complexity index is 1040. The number of nitrogens with zero attached hydrogens (tertiary/aromatic N) is 1. The number of hydroxylamine groups is 3. The molecule has 0 saturated carbocycles. The van der Waals surface area contributed by atoms with E-state index >= 15 is 0 Å². The lowest BCUT2D eigenvalue weighted by atomic mass is 9.74. The van der Waals surface area contributed by atoms with E-state index in [2.05, 4.69) is 17.6 Å². The van der Waals surface area contributed by atoms with Gasteiger partial charge in [-0.15, -0.1) is 0 Å². The van der Waals surface area contributed by atoms with E-state index in [1.807, 2.05) is 57.2 Å². The quantitative estimate of drug-likeness (QED) is 0.560. The van der Waals surface area contributed by atoms with Crippen LogP contribution in [0.1, 0.15) is 58.3 Å². The molecule has 6 heteroatoms. The maximum atomic E-state index is 13.5. The number of aryl methyl sites for hydroxylation is 3. The molecule has 5 atom stereocenters. The standard InChI is InChI=1S/C26H33N3O3/c1-15-8-16(2)10-19(9-15)25(30)28-21-7-6-17(3)22(13-21)23-12-20-14-27-18(4)11-24(20)29(5,32)26(23)31/h6-10,13,18,20,23-24,27H,11-12,14H2,1-5H3,(H,28,30). The van der Waals surface area contributed by atoms with Crippen LogP contribution in [0.3, 0.4) is 0 Å². The molecule has 2 fully saturated rings. The third kappa shape index (κ3) is 4.22. The van der Waals surface area contributed by atoms with Crippen molar-refractivity contribution in [3.8, 4) is 0 Å². The maximum absolute atomic E-state index is 13.5. The fourth-order valence-corrected chi connectivity index (χ4v) is 5.51. The zero-order valence-electron chi connectivity index (χ0n) is 19.6. The Balaban J connectivity index is 1.61. The SMILES string of the molecule is Cc1cc(C)cc(C(=O)Nc2ccc(C)c(C3CC4CNC(C)CC4[N+](C)([O-])C3=O)c2)c1. The molecule has 0 spiro atoms. The zero-order chi connectivity index (χ0) is 23.2. The van der Waals surface area contributed by atoms with Gasteiger partial charge in [-0.05, 0) is 69.5 Å². The molecule has 2 heterocycles. The van der Waals surface area contributed by atoms with Crippen molar-refractivity contribution in [1.82, 2.24) is 5.32 Å². The number of carbonyl (C=O) groups excluding carboxylic acids is 2. The third-order valence-electron chi connectivity index (χ3n) is 7.17. The lowest BCUT2D eigenvalue weighted by Crippen LogP contribution is -2.65. The summed E-state index contributed by atoms with van der Waals surface area (Å²) in [6.45, 7) is 8.72. The van der Waals surface area contributed by atoms with E-state index in [-0.39, 0.29) is 29.8 Å². The highest BCUT2D eigenvalue weighted by atomic mass is 16.6. The number of hydrogen-bond acceptors (Lipinski definition) is 4. The minimum absolute atomic E-state index is 0.157. The van der Waals surface area contributed by atoms with Crippen LogP contribution in [-0.4, -0.2) is 42.1 Å². The van der Waals surface area contributed by atoms with Gasteiger partial charge < -0.3 is 15.8 Å². The second-order valence-corrected chi connectivity index (χ2v) is 9.89. The Kier molecular flexibility index (Phi) is 5.96. The first-order valence-electron chi connectivity index (χ1n) is 11.4. The molecule has 32 heavy (non-hydrogen) atoms. The molecule has 2 amide bonds. The summed E-state index contributed by atoms with van der Waals surface area (Å²) in [6, 6.07) is 11.5. The zero-order valence-corrected chi connectivity index (χ0v) is 19.6. The van der Waals surface area contributed by atoms with Crippen molar-refractivity contribution < 1.29 is 14.2 Å². The van der Waals surface area contributed by atoms with E-state index in [1.54, 1.807) is 0 Å². The van der Waals surface area contributed by atoms with Gasteiger partial charge in [0.1, 0.15) is 12.0 Å². The maximum Gasteiger partial charge on any atom is 0.321 e. The number of nitrogens with one attached hydrogen (secondary N) is 2. The molecule has 2 N–H and O–H groups in total. The molecule has 2 saturated heterocycles. The van der Waals surface area contributed by atoms with Crippen LogP contribution in [0.15, 0.2) is 36.4 Å². The second-order valence-electron chi connectivity index (χ2n) is 9.89. The number of piperidine rings is 2. The van der Waals surface area contributed by atoms with Crippen molar-refractivity contribution in [2.24, 2.45) is 5.92 Å². The van der Waals surface area contributed by atoms with Crippen LogP contribution in [0.4, 0.5) is 5.69 Å². The largest absolute Gasteiger partial charge is 0.625 e. The Labute approximate surface area is 190 Å². The molecule has 5 unspecified atom stereocenters. The van der Waals surface area contributed by atoms with Crippen LogP contribution in [0, 0.1) is 31.9 Å². The smallest absolute Gasteiger partial charge is 0.321 e. The van der Waals surface area contributed by atoms with Crippen molar-refractivity contribution in [2.75, 3.05) is 18.9 Å². The minimum atomic E-state index is -0.819. The number of likely N-dealkylation sites (N-methyl/N-ethyl adjacent to an activating group) is 1. The Morgan fingerprint density at radius 3 is 2.47 bits per heavy atom. The highest BCUT2D eigenvalue weighted by Crippen LogP contribution is 2.42. The summed E-state index contributed by atoms with van der Waals surface area (Å²) >= 11 is 0. The molecule has 2 aliphatic heterocycles. The summed E-state index contributed by atoms with van der Waals surface area (Å²) in [7, 11) is 1.52. The van der Waals surface area contributed by atoms with E-state index in [4.69, 9.17) is 0 Å². The third-order valence-corrected chi connectivity index (χ3v) is 7.17. The van der Waals surface area contributed by atoms with Gasteiger partial charge in [-0.2, -0.15) is 0 Å². The second kappa shape index (κ2) is 8.43. The minimum Gasteiger partial charge on any atom is -0.625 e. The Hall–Kier alpha value is -2.54. The van der Waals surface area contributed by atoms with E-state index < -0.39 is 10.6 Å². The summed E-state index contributed by atoms with van der Waals surface area (Å²) in [4.78, 5) is 26.2. The number of likely N-dealkylation sites (tertiary alicyclic amines) is 1. The van der Waals surface area contributed by atoms with E-state index in [0.717, 1.165) is 28.8 Å². The van der Waals surface area contributed by atoms with Crippen molar-refractivity contribution >= 4 is 17.5 Å². The van der Waals surface area contributed by atoms with Gasteiger partial charge in [-0.25, -0.2) is 4.79 Å².